The van der Waals surface area contributed by atoms with Crippen LogP contribution in [0.4, 0.5) is 5.69 Å². The van der Waals surface area contributed by atoms with E-state index in [1.54, 1.807) is 36.0 Å². The van der Waals surface area contributed by atoms with Gasteiger partial charge in [0.05, 0.1) is 15.7 Å². The molecule has 0 radical (unpaired) electrons. The van der Waals surface area contributed by atoms with Gasteiger partial charge in [0, 0.05) is 5.69 Å². The first-order valence-corrected chi connectivity index (χ1v) is 9.87. The number of carbonyl (C=O) groups excluding carboxylic acids is 1. The fourth-order valence-corrected chi connectivity index (χ4v) is 5.84. The standard InChI is InChI=1S/C20H27NO3S/c1-13-17(22)21(16-7-5-14(6-8-16)18(23)24)20(25-13)11-9-15(10-12-20)19(2,3)4/h5-8,13,15H,9-12H2,1-4H3,(H,23,24)/t13-,15?,20?/m0/s1. The largest absolute Gasteiger partial charge is 0.478 e. The highest BCUT2D eigenvalue weighted by molar-refractivity contribution is 8.02. The Morgan fingerprint density at radius 3 is 2.24 bits per heavy atom. The molecule has 1 amide bonds. The molecule has 1 aliphatic carbocycles. The van der Waals surface area contributed by atoms with Crippen LogP contribution in [0, 0.1) is 11.3 Å². The summed E-state index contributed by atoms with van der Waals surface area (Å²) in [5.41, 5.74) is 1.37. The number of amides is 1. The van der Waals surface area contributed by atoms with Gasteiger partial charge in [0.1, 0.15) is 0 Å². The maximum absolute atomic E-state index is 12.9. The second-order valence-corrected chi connectivity index (χ2v) is 10.1. The molecular formula is C20H27NO3S. The molecule has 1 spiro atoms. The van der Waals surface area contributed by atoms with Crippen molar-refractivity contribution in [3.8, 4) is 0 Å². The van der Waals surface area contributed by atoms with Crippen LogP contribution in [-0.2, 0) is 4.79 Å². The Bertz CT molecular complexity index is 669. The molecule has 1 aromatic rings. The van der Waals surface area contributed by atoms with Crippen LogP contribution in [0.2, 0.25) is 0 Å². The summed E-state index contributed by atoms with van der Waals surface area (Å²) >= 11 is 1.78. The van der Waals surface area contributed by atoms with Crippen molar-refractivity contribution in [2.24, 2.45) is 11.3 Å². The van der Waals surface area contributed by atoms with E-state index in [1.165, 1.54) is 0 Å². The Hall–Kier alpha value is -1.49. The lowest BCUT2D eigenvalue weighted by Crippen LogP contribution is -2.48. The van der Waals surface area contributed by atoms with E-state index in [0.29, 0.717) is 11.3 Å². The molecule has 0 bridgehead atoms. The van der Waals surface area contributed by atoms with Crippen molar-refractivity contribution in [3.63, 3.8) is 0 Å². The van der Waals surface area contributed by atoms with Crippen LogP contribution >= 0.6 is 11.8 Å². The summed E-state index contributed by atoms with van der Waals surface area (Å²) in [6.07, 6.45) is 4.24. The molecule has 2 aliphatic rings. The minimum atomic E-state index is -0.942. The molecule has 3 rings (SSSR count). The molecule has 1 aliphatic heterocycles. The monoisotopic (exact) mass is 361 g/mol. The van der Waals surface area contributed by atoms with Crippen LogP contribution in [0.15, 0.2) is 24.3 Å². The molecule has 0 aromatic heterocycles. The predicted octanol–water partition coefficient (Wildman–Crippen LogP) is 4.79. The van der Waals surface area contributed by atoms with E-state index in [1.807, 2.05) is 11.8 Å². The molecule has 1 saturated heterocycles. The number of carboxylic acid groups (broad SMARTS) is 1. The zero-order valence-corrected chi connectivity index (χ0v) is 16.2. The van der Waals surface area contributed by atoms with E-state index >= 15 is 0 Å². The molecule has 2 fully saturated rings. The van der Waals surface area contributed by atoms with Crippen LogP contribution in [-0.4, -0.2) is 27.1 Å². The molecular weight excluding hydrogens is 334 g/mol. The van der Waals surface area contributed by atoms with Crippen molar-refractivity contribution in [2.75, 3.05) is 4.90 Å². The van der Waals surface area contributed by atoms with Gasteiger partial charge in [0.2, 0.25) is 5.91 Å². The van der Waals surface area contributed by atoms with Crippen LogP contribution in [0.1, 0.15) is 63.7 Å². The van der Waals surface area contributed by atoms with E-state index in [-0.39, 0.29) is 21.6 Å². The van der Waals surface area contributed by atoms with Crippen molar-refractivity contribution < 1.29 is 14.7 Å². The topological polar surface area (TPSA) is 57.6 Å². The van der Waals surface area contributed by atoms with Gasteiger partial charge >= 0.3 is 5.97 Å². The Labute approximate surface area is 154 Å². The quantitative estimate of drug-likeness (QED) is 0.823. The number of carbonyl (C=O) groups is 2. The normalized spacial score (nSPS) is 30.1. The van der Waals surface area contributed by atoms with Gasteiger partial charge in [-0.3, -0.25) is 9.69 Å². The Morgan fingerprint density at radius 1 is 1.20 bits per heavy atom. The third-order valence-electron chi connectivity index (χ3n) is 5.74. The summed E-state index contributed by atoms with van der Waals surface area (Å²) in [6, 6.07) is 6.73. The van der Waals surface area contributed by atoms with Gasteiger partial charge in [-0.25, -0.2) is 4.79 Å². The summed E-state index contributed by atoms with van der Waals surface area (Å²) in [4.78, 5) is 25.7. The second kappa shape index (κ2) is 6.35. The van der Waals surface area contributed by atoms with E-state index < -0.39 is 5.97 Å². The number of nitrogens with zero attached hydrogens (tertiary/aromatic N) is 1. The van der Waals surface area contributed by atoms with Crippen molar-refractivity contribution in [2.45, 2.75) is 63.5 Å². The first kappa shape index (κ1) is 18.3. The number of anilines is 1. The number of carboxylic acids is 1. The van der Waals surface area contributed by atoms with Crippen molar-refractivity contribution in [3.05, 3.63) is 29.8 Å². The Balaban J connectivity index is 1.88. The third kappa shape index (κ3) is 3.31. The second-order valence-electron chi connectivity index (χ2n) is 8.37. The Morgan fingerprint density at radius 2 is 1.76 bits per heavy atom. The SMILES string of the molecule is C[C@@H]1SC2(CCC(C(C)(C)C)CC2)N(c2ccc(C(=O)O)cc2)C1=O. The number of rotatable bonds is 2. The van der Waals surface area contributed by atoms with Gasteiger partial charge in [0.15, 0.2) is 0 Å². The van der Waals surface area contributed by atoms with Gasteiger partial charge in [-0.1, -0.05) is 20.8 Å². The predicted molar refractivity (Wildman–Crippen MR) is 102 cm³/mol. The third-order valence-corrected chi connectivity index (χ3v) is 7.32. The molecule has 136 valence electrons. The molecule has 4 nitrogen and oxygen atoms in total. The summed E-state index contributed by atoms with van der Waals surface area (Å²) in [7, 11) is 0. The maximum atomic E-state index is 12.9. The lowest BCUT2D eigenvalue weighted by molar-refractivity contribution is -0.118. The fraction of sp³-hybridized carbons (Fsp3) is 0.600. The molecule has 1 atom stereocenters. The van der Waals surface area contributed by atoms with Gasteiger partial charge in [-0.2, -0.15) is 0 Å². The van der Waals surface area contributed by atoms with Gasteiger partial charge in [-0.15, -0.1) is 11.8 Å². The van der Waals surface area contributed by atoms with E-state index in [4.69, 9.17) is 5.11 Å². The number of hydrogen-bond acceptors (Lipinski definition) is 3. The van der Waals surface area contributed by atoms with E-state index in [9.17, 15) is 9.59 Å². The van der Waals surface area contributed by atoms with E-state index in [0.717, 1.165) is 31.4 Å². The molecule has 5 heteroatoms. The van der Waals surface area contributed by atoms with E-state index in [2.05, 4.69) is 20.8 Å². The summed E-state index contributed by atoms with van der Waals surface area (Å²) in [6.45, 7) is 8.88. The number of benzene rings is 1. The fourth-order valence-electron chi connectivity index (χ4n) is 4.21. The van der Waals surface area contributed by atoms with Crippen LogP contribution in [0.25, 0.3) is 0 Å². The first-order chi connectivity index (χ1) is 11.6. The lowest BCUT2D eigenvalue weighted by atomic mass is 9.71. The van der Waals surface area contributed by atoms with Gasteiger partial charge < -0.3 is 5.11 Å². The van der Waals surface area contributed by atoms with Crippen molar-refractivity contribution in [1.82, 2.24) is 0 Å². The molecule has 1 saturated carbocycles. The maximum Gasteiger partial charge on any atom is 0.335 e. The zero-order valence-electron chi connectivity index (χ0n) is 15.4. The summed E-state index contributed by atoms with van der Waals surface area (Å²) < 4.78 is 0. The number of hydrogen-bond donors (Lipinski definition) is 1. The average molecular weight is 362 g/mol. The highest BCUT2D eigenvalue weighted by Crippen LogP contribution is 2.54. The smallest absolute Gasteiger partial charge is 0.335 e. The highest BCUT2D eigenvalue weighted by atomic mass is 32.2. The summed E-state index contributed by atoms with van der Waals surface area (Å²) in [5.74, 6) is -0.120. The minimum absolute atomic E-state index is 0.0506. The van der Waals surface area contributed by atoms with Gasteiger partial charge in [0.25, 0.3) is 0 Å². The molecule has 1 heterocycles. The van der Waals surface area contributed by atoms with Crippen molar-refractivity contribution >= 4 is 29.3 Å². The number of aromatic carboxylic acids is 1. The lowest BCUT2D eigenvalue weighted by Gasteiger charge is -2.45. The van der Waals surface area contributed by atoms with Crippen LogP contribution in [0.3, 0.4) is 0 Å². The van der Waals surface area contributed by atoms with Gasteiger partial charge in [-0.05, 0) is 68.2 Å². The highest BCUT2D eigenvalue weighted by Gasteiger charge is 2.52. The summed E-state index contributed by atoms with van der Waals surface area (Å²) in [5, 5.41) is 9.05. The molecule has 25 heavy (non-hydrogen) atoms. The molecule has 1 N–H and O–H groups in total. The number of thioether (sulfide) groups is 1. The molecule has 0 unspecified atom stereocenters. The Kier molecular flexibility index (Phi) is 4.65. The molecule has 1 aromatic carbocycles. The first-order valence-electron chi connectivity index (χ1n) is 8.99. The van der Waals surface area contributed by atoms with Crippen molar-refractivity contribution in [1.29, 1.82) is 0 Å². The van der Waals surface area contributed by atoms with Crippen LogP contribution < -0.4 is 4.90 Å². The minimum Gasteiger partial charge on any atom is -0.478 e. The average Bonchev–Trinajstić information content (AvgIpc) is 2.77. The zero-order chi connectivity index (χ0) is 18.4. The van der Waals surface area contributed by atoms with Crippen LogP contribution in [0.5, 0.6) is 0 Å².